The van der Waals surface area contributed by atoms with Gasteiger partial charge in [0, 0.05) is 11.1 Å². The zero-order valence-electron chi connectivity index (χ0n) is 20.4. The molecule has 0 aliphatic rings. The van der Waals surface area contributed by atoms with Gasteiger partial charge >= 0.3 is 30.7 Å². The molecule has 0 amide bonds. The van der Waals surface area contributed by atoms with Crippen molar-refractivity contribution >= 4 is 5.97 Å². The predicted molar refractivity (Wildman–Crippen MR) is 107 cm³/mol. The molecule has 16 heteroatoms. The van der Waals surface area contributed by atoms with E-state index in [4.69, 9.17) is 0 Å². The van der Waals surface area contributed by atoms with Crippen molar-refractivity contribution in [3.63, 3.8) is 0 Å². The van der Waals surface area contributed by atoms with Gasteiger partial charge < -0.3 is 14.6 Å². The van der Waals surface area contributed by atoms with E-state index < -0.39 is 82.8 Å². The Hall–Kier alpha value is -2.23. The first kappa shape index (κ1) is 33.8. The van der Waals surface area contributed by atoms with E-state index in [0.29, 0.717) is 0 Å². The Balaban J connectivity index is 4.16. The summed E-state index contributed by atoms with van der Waals surface area (Å²) in [7, 11) is 0. The van der Waals surface area contributed by atoms with Gasteiger partial charge in [-0.2, -0.15) is 52.7 Å². The maximum absolute atomic E-state index is 14.2. The lowest BCUT2D eigenvalue weighted by Crippen LogP contribution is -2.57. The molecule has 0 aliphatic carbocycles. The summed E-state index contributed by atoms with van der Waals surface area (Å²) >= 11 is 0. The zero-order chi connectivity index (χ0) is 30.3. The van der Waals surface area contributed by atoms with Crippen molar-refractivity contribution < 1.29 is 72.1 Å². The zero-order valence-corrected chi connectivity index (χ0v) is 20.4. The monoisotopic (exact) mass is 580 g/mol. The van der Waals surface area contributed by atoms with E-state index in [0.717, 1.165) is 6.92 Å². The molecule has 0 bridgehead atoms. The van der Waals surface area contributed by atoms with Crippen LogP contribution in [-0.2, 0) is 25.5 Å². The van der Waals surface area contributed by atoms with Gasteiger partial charge in [0.2, 0.25) is 0 Å². The molecule has 0 fully saturated rings. The molecule has 0 aromatic heterocycles. The van der Waals surface area contributed by atoms with E-state index in [9.17, 15) is 62.6 Å². The molecule has 1 atom stereocenters. The van der Waals surface area contributed by atoms with Crippen molar-refractivity contribution in [1.82, 2.24) is 0 Å². The van der Waals surface area contributed by atoms with Gasteiger partial charge in [-0.25, -0.2) is 4.79 Å². The van der Waals surface area contributed by atoms with Crippen LogP contribution in [0, 0.1) is 0 Å². The number of hydrogen-bond acceptors (Lipinski definition) is 4. The van der Waals surface area contributed by atoms with Crippen LogP contribution in [-0.4, -0.2) is 48.0 Å². The third-order valence-electron chi connectivity index (χ3n) is 5.41. The molecular weight excluding hydrogens is 556 g/mol. The van der Waals surface area contributed by atoms with E-state index in [1.54, 1.807) is 0 Å². The topological polar surface area (TPSA) is 55.8 Å². The van der Waals surface area contributed by atoms with Gasteiger partial charge in [-0.3, -0.25) is 0 Å². The average molecular weight is 580 g/mol. The predicted octanol–water partition coefficient (Wildman–Crippen LogP) is 7.19. The lowest BCUT2D eigenvalue weighted by Gasteiger charge is -2.39. The summed E-state index contributed by atoms with van der Waals surface area (Å²) in [5.41, 5.74) is -18.3. The molecule has 0 heterocycles. The number of rotatable bonds is 7. The van der Waals surface area contributed by atoms with Gasteiger partial charge in [0.25, 0.3) is 11.2 Å². The summed E-state index contributed by atoms with van der Waals surface area (Å²) in [4.78, 5) is 11.9. The van der Waals surface area contributed by atoms with Gasteiger partial charge in [-0.15, -0.1) is 0 Å². The summed E-state index contributed by atoms with van der Waals surface area (Å²) in [6, 6.07) is -0.645. The molecule has 0 spiro atoms. The quantitative estimate of drug-likeness (QED) is 0.274. The Kier molecular flexibility index (Phi) is 9.24. The maximum atomic E-state index is 14.2. The van der Waals surface area contributed by atoms with Crippen molar-refractivity contribution in [1.29, 1.82) is 0 Å². The minimum Gasteiger partial charge on any atom is -0.458 e. The highest BCUT2D eigenvalue weighted by molar-refractivity contribution is 5.71. The molecule has 1 unspecified atom stereocenters. The fourth-order valence-electron chi connectivity index (χ4n) is 3.35. The van der Waals surface area contributed by atoms with Gasteiger partial charge in [0.15, 0.2) is 0 Å². The Bertz CT molecular complexity index is 956. The largest absolute Gasteiger partial charge is 0.458 e. The van der Waals surface area contributed by atoms with E-state index in [-0.39, 0.29) is 18.6 Å². The number of halogens is 12. The molecular formula is C22H24F12O4. The number of hydrogen-bond donors (Lipinski definition) is 1. The lowest BCUT2D eigenvalue weighted by atomic mass is 9.81. The fraction of sp³-hybridized carbons (Fsp3) is 0.682. The summed E-state index contributed by atoms with van der Waals surface area (Å²) < 4.78 is 175. The number of carbonyl (C=O) groups excluding carboxylic acids is 1. The minimum absolute atomic E-state index is 0.0179. The van der Waals surface area contributed by atoms with Crippen LogP contribution in [0.15, 0.2) is 18.2 Å². The molecule has 1 aromatic carbocycles. The van der Waals surface area contributed by atoms with E-state index in [2.05, 4.69) is 9.47 Å². The van der Waals surface area contributed by atoms with E-state index in [1.165, 1.54) is 27.7 Å². The lowest BCUT2D eigenvalue weighted by molar-refractivity contribution is -0.388. The van der Waals surface area contributed by atoms with Crippen LogP contribution >= 0.6 is 0 Å². The molecule has 0 radical (unpaired) electrons. The van der Waals surface area contributed by atoms with Crippen molar-refractivity contribution in [3.05, 3.63) is 34.9 Å². The first-order valence-corrected chi connectivity index (χ1v) is 10.7. The fourth-order valence-corrected chi connectivity index (χ4v) is 3.35. The Labute approximate surface area is 208 Å². The highest BCUT2D eigenvalue weighted by atomic mass is 19.4. The summed E-state index contributed by atoms with van der Waals surface area (Å²) in [6.07, 6.45) is -26.5. The second kappa shape index (κ2) is 10.4. The minimum atomic E-state index is -6.62. The van der Waals surface area contributed by atoms with Crippen molar-refractivity contribution in [2.45, 2.75) is 88.5 Å². The van der Waals surface area contributed by atoms with E-state index >= 15 is 0 Å². The second-order valence-corrected chi connectivity index (χ2v) is 9.41. The first-order valence-electron chi connectivity index (χ1n) is 10.7. The van der Waals surface area contributed by atoms with Crippen LogP contribution < -0.4 is 0 Å². The maximum Gasteiger partial charge on any atom is 0.430 e. The third kappa shape index (κ3) is 6.49. The van der Waals surface area contributed by atoms with Crippen LogP contribution in [0.5, 0.6) is 0 Å². The number of ether oxygens (including phenoxy) is 2. The Morgan fingerprint density at radius 1 is 0.789 bits per heavy atom. The summed E-state index contributed by atoms with van der Waals surface area (Å²) in [6.45, 7) is 4.00. The first-order chi connectivity index (χ1) is 16.7. The number of benzene rings is 1. The number of alkyl halides is 12. The normalized spacial score (nSPS) is 15.4. The number of carbonyl (C=O) groups is 1. The number of esters is 1. The smallest absolute Gasteiger partial charge is 0.430 e. The molecule has 220 valence electrons. The van der Waals surface area contributed by atoms with Gasteiger partial charge in [-0.05, 0) is 44.7 Å². The SMILES string of the molecule is CCC(C)c1cc(C(O)(C(F)(F)F)C(F)(F)F)cc(C(OCC(=O)OC(C)(C)C)(C(F)(F)F)C(F)(F)F)c1. The molecule has 1 aromatic rings. The molecule has 0 aliphatic heterocycles. The van der Waals surface area contributed by atoms with Crippen LogP contribution in [0.3, 0.4) is 0 Å². The van der Waals surface area contributed by atoms with E-state index in [1.807, 2.05) is 0 Å². The van der Waals surface area contributed by atoms with Gasteiger partial charge in [0.1, 0.15) is 12.2 Å². The Morgan fingerprint density at radius 3 is 1.55 bits per heavy atom. The summed E-state index contributed by atoms with van der Waals surface area (Å²) in [5, 5.41) is 9.75. The molecule has 4 nitrogen and oxygen atoms in total. The average Bonchev–Trinajstić information content (AvgIpc) is 2.67. The second-order valence-electron chi connectivity index (χ2n) is 9.41. The molecule has 1 rings (SSSR count). The number of aliphatic hydroxyl groups is 1. The Morgan fingerprint density at radius 2 is 1.21 bits per heavy atom. The van der Waals surface area contributed by atoms with Crippen LogP contribution in [0.25, 0.3) is 0 Å². The van der Waals surface area contributed by atoms with Gasteiger partial charge in [-0.1, -0.05) is 26.0 Å². The highest BCUT2D eigenvalue weighted by Gasteiger charge is 2.75. The van der Waals surface area contributed by atoms with Crippen LogP contribution in [0.1, 0.15) is 63.6 Å². The van der Waals surface area contributed by atoms with Crippen LogP contribution in [0.4, 0.5) is 52.7 Å². The molecule has 0 saturated heterocycles. The van der Waals surface area contributed by atoms with Crippen LogP contribution in [0.2, 0.25) is 0 Å². The van der Waals surface area contributed by atoms with Gasteiger partial charge in [0.05, 0.1) is 0 Å². The molecule has 0 saturated carbocycles. The standard InChI is InChI=1S/C22H24F12O4/c1-6-11(2)12-7-13(17(36,19(23,24)25)20(26,27)28)9-14(8-12)18(21(29,30)31,22(32,33)34)37-10-15(35)38-16(3,4)5/h7-9,11,36H,6,10H2,1-5H3. The molecule has 38 heavy (non-hydrogen) atoms. The summed E-state index contributed by atoms with van der Waals surface area (Å²) in [5.74, 6) is -2.92. The van der Waals surface area contributed by atoms with Crippen molar-refractivity contribution in [2.24, 2.45) is 0 Å². The van der Waals surface area contributed by atoms with Crippen molar-refractivity contribution in [2.75, 3.05) is 6.61 Å². The molecule has 1 N–H and O–H groups in total. The highest BCUT2D eigenvalue weighted by Crippen LogP contribution is 2.56. The third-order valence-corrected chi connectivity index (χ3v) is 5.41. The van der Waals surface area contributed by atoms with Crippen molar-refractivity contribution in [3.8, 4) is 0 Å².